The number of halogens is 2. The second-order valence-corrected chi connectivity index (χ2v) is 6.39. The zero-order valence-corrected chi connectivity index (χ0v) is 15.3. The summed E-state index contributed by atoms with van der Waals surface area (Å²) < 4.78 is 0. The van der Waals surface area contributed by atoms with Gasteiger partial charge in [-0.15, -0.1) is 0 Å². The first-order chi connectivity index (χ1) is 12.5. The molecule has 0 unspecified atom stereocenters. The number of rotatable bonds is 5. The molecule has 2 aromatic heterocycles. The third kappa shape index (κ3) is 4.91. The number of aryl methyl sites for hydroxylation is 1. The summed E-state index contributed by atoms with van der Waals surface area (Å²) in [6.45, 7) is 2.08. The molecule has 0 fully saturated rings. The summed E-state index contributed by atoms with van der Waals surface area (Å²) >= 11 is 12.0. The van der Waals surface area contributed by atoms with Crippen LogP contribution in [0.15, 0.2) is 48.8 Å². The van der Waals surface area contributed by atoms with Crippen molar-refractivity contribution in [3.05, 3.63) is 75.9 Å². The molecule has 2 N–H and O–H groups in total. The third-order valence-corrected chi connectivity index (χ3v) is 3.82. The van der Waals surface area contributed by atoms with Crippen molar-refractivity contribution in [3.63, 3.8) is 0 Å². The topological polar surface area (TPSA) is 79.8 Å². The van der Waals surface area contributed by atoms with E-state index in [2.05, 4.69) is 25.6 Å². The predicted octanol–water partition coefficient (Wildman–Crippen LogP) is 4.16. The van der Waals surface area contributed by atoms with Crippen LogP contribution < -0.4 is 10.6 Å². The average Bonchev–Trinajstić information content (AvgIpc) is 2.59. The van der Waals surface area contributed by atoms with Gasteiger partial charge >= 0.3 is 0 Å². The van der Waals surface area contributed by atoms with Crippen molar-refractivity contribution in [1.82, 2.24) is 20.3 Å². The maximum Gasteiger partial charge on any atom is 0.270 e. The van der Waals surface area contributed by atoms with Crippen LogP contribution in [0.3, 0.4) is 0 Å². The fourth-order valence-electron chi connectivity index (χ4n) is 2.30. The molecule has 6 nitrogen and oxygen atoms in total. The van der Waals surface area contributed by atoms with E-state index in [1.807, 2.05) is 12.1 Å². The Morgan fingerprint density at radius 3 is 2.58 bits per heavy atom. The zero-order chi connectivity index (χ0) is 18.5. The van der Waals surface area contributed by atoms with Crippen molar-refractivity contribution >= 4 is 40.6 Å². The Morgan fingerprint density at radius 1 is 1.12 bits per heavy atom. The standard InChI is InChI=1S/C18H15Cl2N5O/c1-11-23-16(18(26)22-10-12-3-2-4-21-9-12)8-17(24-11)25-15-6-13(19)5-14(20)7-15/h2-9H,10H2,1H3,(H,22,26)(H,23,24,25). The minimum absolute atomic E-state index is 0.261. The Kier molecular flexibility index (Phi) is 5.65. The van der Waals surface area contributed by atoms with Gasteiger partial charge in [-0.25, -0.2) is 9.97 Å². The predicted molar refractivity (Wildman–Crippen MR) is 102 cm³/mol. The Hall–Kier alpha value is -2.70. The number of carbonyl (C=O) groups is 1. The lowest BCUT2D eigenvalue weighted by molar-refractivity contribution is 0.0945. The smallest absolute Gasteiger partial charge is 0.270 e. The van der Waals surface area contributed by atoms with E-state index < -0.39 is 0 Å². The molecule has 1 aromatic carbocycles. The molecular weight excluding hydrogens is 373 g/mol. The zero-order valence-electron chi connectivity index (χ0n) is 13.8. The van der Waals surface area contributed by atoms with Crippen LogP contribution in [0.4, 0.5) is 11.5 Å². The maximum absolute atomic E-state index is 12.4. The fraction of sp³-hybridized carbons (Fsp3) is 0.111. The molecule has 3 aromatic rings. The third-order valence-electron chi connectivity index (χ3n) is 3.38. The summed E-state index contributed by atoms with van der Waals surface area (Å²) in [5.74, 6) is 0.642. The van der Waals surface area contributed by atoms with Crippen LogP contribution in [-0.4, -0.2) is 20.9 Å². The number of hydrogen-bond donors (Lipinski definition) is 2. The van der Waals surface area contributed by atoms with Gasteiger partial charge in [0.15, 0.2) is 0 Å². The Labute approximate surface area is 160 Å². The van der Waals surface area contributed by atoms with Crippen molar-refractivity contribution in [1.29, 1.82) is 0 Å². The lowest BCUT2D eigenvalue weighted by atomic mass is 10.2. The minimum Gasteiger partial charge on any atom is -0.347 e. The van der Waals surface area contributed by atoms with Crippen LogP contribution in [0.2, 0.25) is 10.0 Å². The first-order valence-electron chi connectivity index (χ1n) is 7.75. The van der Waals surface area contributed by atoms with Gasteiger partial charge in [0.25, 0.3) is 5.91 Å². The minimum atomic E-state index is -0.300. The molecular formula is C18H15Cl2N5O. The van der Waals surface area contributed by atoms with Gasteiger partial charge in [-0.1, -0.05) is 29.3 Å². The Morgan fingerprint density at radius 2 is 1.88 bits per heavy atom. The SMILES string of the molecule is Cc1nc(Nc2cc(Cl)cc(Cl)c2)cc(C(=O)NCc2cccnc2)n1. The van der Waals surface area contributed by atoms with Crippen molar-refractivity contribution in [2.75, 3.05) is 5.32 Å². The molecule has 0 atom stereocenters. The second-order valence-electron chi connectivity index (χ2n) is 5.51. The summed E-state index contributed by atoms with van der Waals surface area (Å²) in [4.78, 5) is 24.9. The Balaban J connectivity index is 1.75. The molecule has 2 heterocycles. The van der Waals surface area contributed by atoms with Gasteiger partial charge in [-0.05, 0) is 36.8 Å². The maximum atomic E-state index is 12.4. The van der Waals surface area contributed by atoms with Crippen molar-refractivity contribution in [2.24, 2.45) is 0 Å². The van der Waals surface area contributed by atoms with Gasteiger partial charge in [-0.2, -0.15) is 0 Å². The van der Waals surface area contributed by atoms with Crippen LogP contribution in [-0.2, 0) is 6.54 Å². The van der Waals surface area contributed by atoms with Gasteiger partial charge < -0.3 is 10.6 Å². The van der Waals surface area contributed by atoms with E-state index in [0.717, 1.165) is 5.56 Å². The molecule has 0 radical (unpaired) electrons. The molecule has 0 aliphatic heterocycles. The first kappa shape index (κ1) is 18.1. The second kappa shape index (κ2) is 8.12. The molecule has 0 aliphatic rings. The normalized spacial score (nSPS) is 10.4. The molecule has 0 spiro atoms. The van der Waals surface area contributed by atoms with Gasteiger partial charge in [0, 0.05) is 40.7 Å². The van der Waals surface area contributed by atoms with Gasteiger partial charge in [0.1, 0.15) is 17.3 Å². The van der Waals surface area contributed by atoms with E-state index in [-0.39, 0.29) is 11.6 Å². The highest BCUT2D eigenvalue weighted by Gasteiger charge is 2.11. The molecule has 26 heavy (non-hydrogen) atoms. The molecule has 8 heteroatoms. The quantitative estimate of drug-likeness (QED) is 0.686. The number of nitrogens with zero attached hydrogens (tertiary/aromatic N) is 3. The summed E-state index contributed by atoms with van der Waals surface area (Å²) in [5, 5.41) is 6.90. The van der Waals surface area contributed by atoms with Crippen molar-refractivity contribution < 1.29 is 4.79 Å². The number of carbonyl (C=O) groups excluding carboxylic acids is 1. The van der Waals surface area contributed by atoms with E-state index in [1.54, 1.807) is 43.6 Å². The molecule has 0 bridgehead atoms. The van der Waals surface area contributed by atoms with Crippen molar-refractivity contribution in [3.8, 4) is 0 Å². The van der Waals surface area contributed by atoms with Crippen LogP contribution in [0.25, 0.3) is 0 Å². The van der Waals surface area contributed by atoms with Crippen LogP contribution in [0, 0.1) is 6.92 Å². The van der Waals surface area contributed by atoms with Gasteiger partial charge in [0.05, 0.1) is 0 Å². The summed E-state index contributed by atoms with van der Waals surface area (Å²) in [7, 11) is 0. The van der Waals surface area contributed by atoms with Crippen LogP contribution >= 0.6 is 23.2 Å². The highest BCUT2D eigenvalue weighted by atomic mass is 35.5. The highest BCUT2D eigenvalue weighted by Crippen LogP contribution is 2.24. The lowest BCUT2D eigenvalue weighted by Crippen LogP contribution is -2.24. The summed E-state index contributed by atoms with van der Waals surface area (Å²) in [6.07, 6.45) is 3.38. The van der Waals surface area contributed by atoms with Crippen LogP contribution in [0.1, 0.15) is 21.9 Å². The summed E-state index contributed by atoms with van der Waals surface area (Å²) in [6, 6.07) is 10.3. The number of nitrogens with one attached hydrogen (secondary N) is 2. The fourth-order valence-corrected chi connectivity index (χ4v) is 2.82. The van der Waals surface area contributed by atoms with E-state index >= 15 is 0 Å². The summed E-state index contributed by atoms with van der Waals surface area (Å²) in [5.41, 5.74) is 1.83. The number of anilines is 2. The monoisotopic (exact) mass is 387 g/mol. The van der Waals surface area contributed by atoms with E-state index in [0.29, 0.717) is 33.9 Å². The van der Waals surface area contributed by atoms with E-state index in [9.17, 15) is 4.79 Å². The first-order valence-corrected chi connectivity index (χ1v) is 8.51. The van der Waals surface area contributed by atoms with Gasteiger partial charge in [0.2, 0.25) is 0 Å². The largest absolute Gasteiger partial charge is 0.347 e. The van der Waals surface area contributed by atoms with E-state index in [1.165, 1.54) is 0 Å². The molecule has 0 saturated heterocycles. The van der Waals surface area contributed by atoms with Crippen molar-refractivity contribution in [2.45, 2.75) is 13.5 Å². The van der Waals surface area contributed by atoms with Crippen LogP contribution in [0.5, 0.6) is 0 Å². The number of benzene rings is 1. The Bertz CT molecular complexity index is 914. The highest BCUT2D eigenvalue weighted by molar-refractivity contribution is 6.35. The molecule has 0 saturated carbocycles. The van der Waals surface area contributed by atoms with Gasteiger partial charge in [-0.3, -0.25) is 9.78 Å². The van der Waals surface area contributed by atoms with E-state index in [4.69, 9.17) is 23.2 Å². The molecule has 1 amide bonds. The lowest BCUT2D eigenvalue weighted by Gasteiger charge is -2.10. The number of amides is 1. The molecule has 0 aliphatic carbocycles. The molecule has 132 valence electrons. The number of pyridine rings is 1. The number of hydrogen-bond acceptors (Lipinski definition) is 5. The number of aromatic nitrogens is 3. The average molecular weight is 388 g/mol. The molecule has 3 rings (SSSR count).